The van der Waals surface area contributed by atoms with Gasteiger partial charge in [-0.2, -0.15) is 0 Å². The molecule has 1 fully saturated rings. The number of carboxylic acids is 1. The number of ether oxygens (including phenoxy) is 1. The minimum absolute atomic E-state index is 0.112. The molecular weight excluding hydrogens is 377 g/mol. The number of carbonyl (C=O) groups is 2. The largest absolute Gasteiger partial charge is 0.480 e. The van der Waals surface area contributed by atoms with Crippen LogP contribution in [-0.2, 0) is 14.3 Å². The highest BCUT2D eigenvalue weighted by Gasteiger charge is 2.42. The van der Waals surface area contributed by atoms with Crippen LogP contribution in [0.15, 0.2) is 6.07 Å². The van der Waals surface area contributed by atoms with Gasteiger partial charge < -0.3 is 14.7 Å². The number of nitrogens with zero attached hydrogens (tertiary/aromatic N) is 3. The molecule has 0 radical (unpaired) electrons. The number of rotatable bonds is 7. The van der Waals surface area contributed by atoms with Crippen molar-refractivity contribution in [3.05, 3.63) is 28.8 Å². The Balaban J connectivity index is 2.43. The molecule has 162 valence electrons. The van der Waals surface area contributed by atoms with Crippen LogP contribution in [0.5, 0.6) is 0 Å². The first-order valence-electron chi connectivity index (χ1n) is 10.00. The molecule has 7 nitrogen and oxygen atoms in total. The highest BCUT2D eigenvalue weighted by Crippen LogP contribution is 2.31. The molecule has 1 aromatic heterocycles. The van der Waals surface area contributed by atoms with Crippen molar-refractivity contribution in [3.63, 3.8) is 0 Å². The molecule has 1 saturated heterocycles. The van der Waals surface area contributed by atoms with Crippen LogP contribution in [-0.4, -0.2) is 70.7 Å². The third-order valence-corrected chi connectivity index (χ3v) is 5.40. The van der Waals surface area contributed by atoms with Crippen molar-refractivity contribution in [2.24, 2.45) is 5.92 Å². The summed E-state index contributed by atoms with van der Waals surface area (Å²) in [5.74, 6) is -1.92. The average Bonchev–Trinajstić information content (AvgIpc) is 2.64. The fraction of sp³-hybridized carbons (Fsp3) is 0.667. The van der Waals surface area contributed by atoms with Gasteiger partial charge in [0.2, 0.25) is 5.91 Å². The van der Waals surface area contributed by atoms with Gasteiger partial charge in [0.1, 0.15) is 11.9 Å². The Labute approximate surface area is 171 Å². The highest BCUT2D eigenvalue weighted by atomic mass is 19.1. The number of methoxy groups -OCH3 is 1. The van der Waals surface area contributed by atoms with E-state index in [4.69, 9.17) is 4.74 Å². The van der Waals surface area contributed by atoms with Crippen LogP contribution in [0.1, 0.15) is 50.2 Å². The van der Waals surface area contributed by atoms with Gasteiger partial charge in [-0.25, -0.2) is 9.18 Å². The van der Waals surface area contributed by atoms with E-state index in [0.29, 0.717) is 36.5 Å². The van der Waals surface area contributed by atoms with Gasteiger partial charge in [0.25, 0.3) is 0 Å². The maximum Gasteiger partial charge on any atom is 0.327 e. The number of pyridine rings is 1. The summed E-state index contributed by atoms with van der Waals surface area (Å²) in [4.78, 5) is 32.5. The second-order valence-corrected chi connectivity index (χ2v) is 8.13. The normalized spacial score (nSPS) is 21.4. The number of halogens is 1. The van der Waals surface area contributed by atoms with Crippen LogP contribution in [0.4, 0.5) is 4.39 Å². The van der Waals surface area contributed by atoms with Gasteiger partial charge in [0.15, 0.2) is 0 Å². The van der Waals surface area contributed by atoms with E-state index in [0.717, 1.165) is 0 Å². The molecule has 0 spiro atoms. The van der Waals surface area contributed by atoms with Gasteiger partial charge in [-0.3, -0.25) is 14.7 Å². The first kappa shape index (κ1) is 23.2. The lowest BCUT2D eigenvalue weighted by atomic mass is 9.98. The molecule has 1 aromatic rings. The molecule has 0 unspecified atom stereocenters. The number of aryl methyl sites for hydroxylation is 2. The lowest BCUT2D eigenvalue weighted by Crippen LogP contribution is -2.63. The zero-order valence-corrected chi connectivity index (χ0v) is 18.1. The number of carboxylic acid groups (broad SMARTS) is 1. The average molecular weight is 410 g/mol. The molecule has 2 heterocycles. The minimum Gasteiger partial charge on any atom is -0.480 e. The van der Waals surface area contributed by atoms with Crippen LogP contribution in [0.2, 0.25) is 0 Å². The minimum atomic E-state index is -1.06. The topological polar surface area (TPSA) is 83.0 Å². The van der Waals surface area contributed by atoms with Crippen LogP contribution < -0.4 is 0 Å². The van der Waals surface area contributed by atoms with Crippen molar-refractivity contribution < 1.29 is 23.8 Å². The predicted molar refractivity (Wildman–Crippen MR) is 107 cm³/mol. The molecule has 0 aliphatic carbocycles. The van der Waals surface area contributed by atoms with Crippen molar-refractivity contribution in [2.75, 3.05) is 26.8 Å². The van der Waals surface area contributed by atoms with Gasteiger partial charge in [0, 0.05) is 44.5 Å². The van der Waals surface area contributed by atoms with E-state index in [2.05, 4.69) is 4.98 Å². The molecular formula is C21H32FN3O4. The van der Waals surface area contributed by atoms with Gasteiger partial charge in [-0.05, 0) is 38.8 Å². The van der Waals surface area contributed by atoms with Crippen molar-refractivity contribution >= 4 is 11.9 Å². The Bertz CT molecular complexity index is 756. The molecule has 1 aliphatic heterocycles. The van der Waals surface area contributed by atoms with Crippen LogP contribution in [0, 0.1) is 25.6 Å². The molecule has 2 rings (SSSR count). The van der Waals surface area contributed by atoms with Crippen LogP contribution in [0.25, 0.3) is 0 Å². The van der Waals surface area contributed by atoms with E-state index in [1.807, 2.05) is 18.7 Å². The fourth-order valence-corrected chi connectivity index (χ4v) is 4.03. The zero-order chi connectivity index (χ0) is 21.9. The lowest BCUT2D eigenvalue weighted by Gasteiger charge is -2.47. The second-order valence-electron chi connectivity index (χ2n) is 8.13. The number of piperazine rings is 1. The maximum absolute atomic E-state index is 15.0. The quantitative estimate of drug-likeness (QED) is 0.745. The van der Waals surface area contributed by atoms with Crippen molar-refractivity contribution in [3.8, 4) is 0 Å². The predicted octanol–water partition coefficient (Wildman–Crippen LogP) is 2.56. The number of aromatic nitrogens is 1. The van der Waals surface area contributed by atoms with Gasteiger partial charge >= 0.3 is 5.97 Å². The molecule has 1 amide bonds. The molecule has 0 saturated carbocycles. The van der Waals surface area contributed by atoms with Crippen LogP contribution >= 0.6 is 0 Å². The summed E-state index contributed by atoms with van der Waals surface area (Å²) in [5, 5.41) is 9.81. The van der Waals surface area contributed by atoms with E-state index in [1.165, 1.54) is 4.90 Å². The monoisotopic (exact) mass is 409 g/mol. The SMILES string of the molecule is COCC[C@H](c1nc(C)cc(C)c1F)N1C[C@@H](C)N(C(=O)C(C)C)[C@@H](C(=O)O)C1. The number of hydrogen-bond acceptors (Lipinski definition) is 5. The van der Waals surface area contributed by atoms with Crippen molar-refractivity contribution in [1.29, 1.82) is 0 Å². The Morgan fingerprint density at radius 1 is 1.34 bits per heavy atom. The van der Waals surface area contributed by atoms with Gasteiger partial charge in [-0.1, -0.05) is 13.8 Å². The van der Waals surface area contributed by atoms with Crippen LogP contribution in [0.3, 0.4) is 0 Å². The van der Waals surface area contributed by atoms with E-state index in [1.54, 1.807) is 33.9 Å². The lowest BCUT2D eigenvalue weighted by molar-refractivity contribution is -0.159. The maximum atomic E-state index is 15.0. The summed E-state index contributed by atoms with van der Waals surface area (Å²) in [6.07, 6.45) is 0.473. The Morgan fingerprint density at radius 3 is 2.55 bits per heavy atom. The molecule has 0 bridgehead atoms. The fourth-order valence-electron chi connectivity index (χ4n) is 4.03. The number of amides is 1. The summed E-state index contributed by atoms with van der Waals surface area (Å²) in [5.41, 5.74) is 1.52. The zero-order valence-electron chi connectivity index (χ0n) is 18.1. The van der Waals surface area contributed by atoms with Crippen molar-refractivity contribution in [2.45, 2.75) is 59.2 Å². The summed E-state index contributed by atoms with van der Waals surface area (Å²) in [6.45, 7) is 9.80. The summed E-state index contributed by atoms with van der Waals surface area (Å²) in [7, 11) is 1.57. The Kier molecular flexibility index (Phi) is 7.71. The molecule has 1 N–H and O–H groups in total. The van der Waals surface area contributed by atoms with Gasteiger partial charge in [0.05, 0.1) is 11.7 Å². The molecule has 29 heavy (non-hydrogen) atoms. The molecule has 3 atom stereocenters. The third-order valence-electron chi connectivity index (χ3n) is 5.40. The Hall–Kier alpha value is -2.06. The molecule has 8 heteroatoms. The van der Waals surface area contributed by atoms with Crippen molar-refractivity contribution in [1.82, 2.24) is 14.8 Å². The first-order chi connectivity index (χ1) is 13.6. The Morgan fingerprint density at radius 2 is 2.00 bits per heavy atom. The molecule has 0 aromatic carbocycles. The first-order valence-corrected chi connectivity index (χ1v) is 10.00. The van der Waals surface area contributed by atoms with E-state index >= 15 is 0 Å². The number of hydrogen-bond donors (Lipinski definition) is 1. The van der Waals surface area contributed by atoms with Gasteiger partial charge in [-0.15, -0.1) is 0 Å². The third kappa shape index (κ3) is 5.11. The second kappa shape index (κ2) is 9.63. The van der Waals surface area contributed by atoms with E-state index in [-0.39, 0.29) is 30.2 Å². The summed E-state index contributed by atoms with van der Waals surface area (Å²) < 4.78 is 20.2. The number of carbonyl (C=O) groups excluding carboxylic acids is 1. The summed E-state index contributed by atoms with van der Waals surface area (Å²) >= 11 is 0. The summed E-state index contributed by atoms with van der Waals surface area (Å²) in [6, 6.07) is -0.0608. The highest BCUT2D eigenvalue weighted by molar-refractivity contribution is 5.85. The number of aliphatic carboxylic acids is 1. The van der Waals surface area contributed by atoms with E-state index < -0.39 is 18.1 Å². The smallest absolute Gasteiger partial charge is 0.327 e. The van der Waals surface area contributed by atoms with E-state index in [9.17, 15) is 19.1 Å². The standard InChI is InChI=1S/C21H32FN3O4/c1-12(2)20(26)25-15(5)10-24(11-17(25)21(27)28)16(7-8-29-6)19-18(22)13(3)9-14(4)23-19/h9,12,15-17H,7-8,10-11H2,1-6H3,(H,27,28)/t15-,16-,17-/m1/s1. The molecule has 1 aliphatic rings.